The van der Waals surface area contributed by atoms with Gasteiger partial charge in [-0.1, -0.05) is 6.92 Å². The molecule has 0 bridgehead atoms. The van der Waals surface area contributed by atoms with Crippen LogP contribution in [0, 0.1) is 0 Å². The third-order valence-corrected chi connectivity index (χ3v) is 3.35. The molecule has 0 saturated carbocycles. The van der Waals surface area contributed by atoms with Gasteiger partial charge < -0.3 is 4.90 Å². The second kappa shape index (κ2) is 5.44. The molecule has 5 heteroatoms. The largest absolute Gasteiger partial charge is 0.301 e. The Morgan fingerprint density at radius 1 is 1.60 bits per heavy atom. The fourth-order valence-corrected chi connectivity index (χ4v) is 2.05. The van der Waals surface area contributed by atoms with Crippen molar-refractivity contribution in [2.24, 2.45) is 5.84 Å². The van der Waals surface area contributed by atoms with Crippen LogP contribution < -0.4 is 11.3 Å². The van der Waals surface area contributed by atoms with Crippen molar-refractivity contribution >= 4 is 5.91 Å². The van der Waals surface area contributed by atoms with Gasteiger partial charge in [0.2, 0.25) is 0 Å². The zero-order valence-electron chi connectivity index (χ0n) is 9.86. The Balaban J connectivity index is 2.54. The van der Waals surface area contributed by atoms with Gasteiger partial charge in [-0.05, 0) is 20.4 Å². The molecule has 1 fully saturated rings. The number of nitrogens with two attached hydrogens (primary N) is 1. The predicted octanol–water partition coefficient (Wildman–Crippen LogP) is -0.609. The fourth-order valence-electron chi connectivity index (χ4n) is 2.05. The van der Waals surface area contributed by atoms with Gasteiger partial charge in [-0.15, -0.1) is 0 Å². The molecule has 3 N–H and O–H groups in total. The molecule has 1 aliphatic heterocycles. The molecule has 0 aromatic rings. The summed E-state index contributed by atoms with van der Waals surface area (Å²) in [5.41, 5.74) is 2.21. The number of likely N-dealkylation sites (N-methyl/N-ethyl adjacent to an activating group) is 1. The molecule has 1 rings (SSSR count). The Morgan fingerprint density at radius 2 is 2.27 bits per heavy atom. The number of carbonyl (C=O) groups excluding carboxylic acids is 1. The van der Waals surface area contributed by atoms with Gasteiger partial charge in [0.25, 0.3) is 5.91 Å². The first-order valence-corrected chi connectivity index (χ1v) is 5.54. The molecule has 15 heavy (non-hydrogen) atoms. The molecule has 0 aromatic heterocycles. The van der Waals surface area contributed by atoms with Gasteiger partial charge in [-0.25, -0.2) is 5.84 Å². The fraction of sp³-hybridized carbons (Fsp3) is 0.900. The van der Waals surface area contributed by atoms with Crippen molar-refractivity contribution < 1.29 is 4.79 Å². The second-order valence-corrected chi connectivity index (χ2v) is 4.22. The van der Waals surface area contributed by atoms with E-state index in [1.54, 1.807) is 0 Å². The number of nitrogens with one attached hydrogen (secondary N) is 1. The number of hydrogen-bond donors (Lipinski definition) is 2. The normalized spacial score (nSPS) is 26.3. The van der Waals surface area contributed by atoms with Crippen LogP contribution in [0.4, 0.5) is 0 Å². The summed E-state index contributed by atoms with van der Waals surface area (Å²) in [5.74, 6) is 5.04. The van der Waals surface area contributed by atoms with Crippen molar-refractivity contribution in [1.29, 1.82) is 0 Å². The minimum Gasteiger partial charge on any atom is -0.301 e. The molecule has 5 nitrogen and oxygen atoms in total. The summed E-state index contributed by atoms with van der Waals surface area (Å²) in [6, 6.07) is 0.421. The standard InChI is InChI=1S/C10H22N4O/c1-4-9-7-14(6-5-13(9)3)8(2)10(15)12-11/h8-9H,4-7,11H2,1-3H3,(H,12,15). The number of hydrogen-bond acceptors (Lipinski definition) is 4. The van der Waals surface area contributed by atoms with Crippen molar-refractivity contribution in [2.45, 2.75) is 32.4 Å². The molecule has 88 valence electrons. The first-order chi connectivity index (χ1) is 7.10. The van der Waals surface area contributed by atoms with Crippen molar-refractivity contribution in [2.75, 3.05) is 26.7 Å². The minimum absolute atomic E-state index is 0.102. The van der Waals surface area contributed by atoms with Gasteiger partial charge in [-0.2, -0.15) is 0 Å². The van der Waals surface area contributed by atoms with E-state index >= 15 is 0 Å². The zero-order valence-corrected chi connectivity index (χ0v) is 9.86. The molecule has 1 saturated heterocycles. The van der Waals surface area contributed by atoms with Gasteiger partial charge in [0.15, 0.2) is 0 Å². The van der Waals surface area contributed by atoms with Crippen LogP contribution in [0.3, 0.4) is 0 Å². The Morgan fingerprint density at radius 3 is 2.80 bits per heavy atom. The monoisotopic (exact) mass is 214 g/mol. The number of piperazine rings is 1. The van der Waals surface area contributed by atoms with Crippen molar-refractivity contribution in [3.8, 4) is 0 Å². The highest BCUT2D eigenvalue weighted by molar-refractivity contribution is 5.80. The average Bonchev–Trinajstić information content (AvgIpc) is 2.27. The lowest BCUT2D eigenvalue weighted by Gasteiger charge is -2.41. The maximum atomic E-state index is 11.4. The van der Waals surface area contributed by atoms with E-state index in [0.717, 1.165) is 26.1 Å². The number of carbonyl (C=O) groups is 1. The van der Waals surface area contributed by atoms with E-state index in [-0.39, 0.29) is 11.9 Å². The summed E-state index contributed by atoms with van der Waals surface area (Å²) >= 11 is 0. The number of amides is 1. The quantitative estimate of drug-likeness (QED) is 0.374. The van der Waals surface area contributed by atoms with Crippen LogP contribution in [0.1, 0.15) is 20.3 Å². The molecule has 1 amide bonds. The van der Waals surface area contributed by atoms with Crippen LogP contribution in [0.2, 0.25) is 0 Å². The summed E-state index contributed by atoms with van der Waals surface area (Å²) in [6.07, 6.45) is 1.12. The van der Waals surface area contributed by atoms with E-state index in [9.17, 15) is 4.79 Å². The minimum atomic E-state index is -0.127. The maximum absolute atomic E-state index is 11.4. The highest BCUT2D eigenvalue weighted by atomic mass is 16.2. The third kappa shape index (κ3) is 2.90. The lowest BCUT2D eigenvalue weighted by Crippen LogP contribution is -2.57. The first-order valence-electron chi connectivity index (χ1n) is 5.54. The van der Waals surface area contributed by atoms with E-state index in [1.807, 2.05) is 6.92 Å². The Labute approximate surface area is 91.6 Å². The highest BCUT2D eigenvalue weighted by Crippen LogP contribution is 2.13. The molecule has 1 heterocycles. The van der Waals surface area contributed by atoms with Crippen molar-refractivity contribution in [1.82, 2.24) is 15.2 Å². The summed E-state index contributed by atoms with van der Waals surface area (Å²) in [4.78, 5) is 15.9. The van der Waals surface area contributed by atoms with E-state index in [0.29, 0.717) is 6.04 Å². The molecule has 0 radical (unpaired) electrons. The highest BCUT2D eigenvalue weighted by Gasteiger charge is 2.28. The topological polar surface area (TPSA) is 61.6 Å². The van der Waals surface area contributed by atoms with Crippen LogP contribution in [-0.2, 0) is 4.79 Å². The number of hydrazine groups is 1. The maximum Gasteiger partial charge on any atom is 0.250 e. The van der Waals surface area contributed by atoms with E-state index < -0.39 is 0 Å². The predicted molar refractivity (Wildman–Crippen MR) is 60.1 cm³/mol. The van der Waals surface area contributed by atoms with Crippen LogP contribution >= 0.6 is 0 Å². The Bertz CT molecular complexity index is 221. The summed E-state index contributed by atoms with van der Waals surface area (Å²) in [7, 11) is 2.14. The second-order valence-electron chi connectivity index (χ2n) is 4.22. The van der Waals surface area contributed by atoms with Crippen LogP contribution in [-0.4, -0.2) is 54.5 Å². The molecule has 2 atom stereocenters. The molecule has 1 aliphatic rings. The van der Waals surface area contributed by atoms with Crippen molar-refractivity contribution in [3.05, 3.63) is 0 Å². The zero-order chi connectivity index (χ0) is 11.4. The number of rotatable bonds is 3. The first kappa shape index (κ1) is 12.4. The molecular weight excluding hydrogens is 192 g/mol. The molecular formula is C10H22N4O. The molecule has 0 spiro atoms. The van der Waals surface area contributed by atoms with Crippen molar-refractivity contribution in [3.63, 3.8) is 0 Å². The molecule has 2 unspecified atom stereocenters. The Hall–Kier alpha value is -0.650. The van der Waals surface area contributed by atoms with Gasteiger partial charge in [0.1, 0.15) is 0 Å². The third-order valence-electron chi connectivity index (χ3n) is 3.35. The summed E-state index contributed by atoms with van der Waals surface area (Å²) in [6.45, 7) is 6.97. The summed E-state index contributed by atoms with van der Waals surface area (Å²) < 4.78 is 0. The molecule has 0 aliphatic carbocycles. The van der Waals surface area contributed by atoms with E-state index in [1.165, 1.54) is 0 Å². The smallest absolute Gasteiger partial charge is 0.250 e. The lowest BCUT2D eigenvalue weighted by atomic mass is 10.1. The van der Waals surface area contributed by atoms with Gasteiger partial charge in [0, 0.05) is 25.7 Å². The summed E-state index contributed by atoms with van der Waals surface area (Å²) in [5, 5.41) is 0. The number of nitrogens with zero attached hydrogens (tertiary/aromatic N) is 2. The van der Waals surface area contributed by atoms with Crippen LogP contribution in [0.5, 0.6) is 0 Å². The van der Waals surface area contributed by atoms with Crippen LogP contribution in [0.25, 0.3) is 0 Å². The van der Waals surface area contributed by atoms with E-state index in [2.05, 4.69) is 29.2 Å². The SMILES string of the molecule is CCC1CN(C(C)C(=O)NN)CCN1C. The van der Waals surface area contributed by atoms with Gasteiger partial charge in [0.05, 0.1) is 6.04 Å². The average molecular weight is 214 g/mol. The van der Waals surface area contributed by atoms with E-state index in [4.69, 9.17) is 5.84 Å². The van der Waals surface area contributed by atoms with Crippen LogP contribution in [0.15, 0.2) is 0 Å². The van der Waals surface area contributed by atoms with Gasteiger partial charge in [-0.3, -0.25) is 15.1 Å². The van der Waals surface area contributed by atoms with Gasteiger partial charge >= 0.3 is 0 Å². The lowest BCUT2D eigenvalue weighted by molar-refractivity contribution is -0.127. The molecule has 0 aromatic carbocycles. The Kier molecular flexibility index (Phi) is 4.50.